The average molecular weight is 804 g/mol. The number of carbonyl (C=O) groups is 1. The van der Waals surface area contributed by atoms with Gasteiger partial charge in [0.25, 0.3) is 0 Å². The summed E-state index contributed by atoms with van der Waals surface area (Å²) in [6.45, 7) is 10.0. The van der Waals surface area contributed by atoms with Crippen LogP contribution in [-0.2, 0) is 17.8 Å². The Labute approximate surface area is 240 Å². The van der Waals surface area contributed by atoms with Crippen LogP contribution in [0.3, 0.4) is 0 Å². The minimum atomic E-state index is -0.153. The van der Waals surface area contributed by atoms with Crippen LogP contribution in [0.15, 0.2) is 36.4 Å². The smallest absolute Gasteiger partial charge is 0.318 e. The number of phenolic OH excluding ortho intramolecular Hbond substituents is 1. The van der Waals surface area contributed by atoms with Crippen molar-refractivity contribution in [2.24, 2.45) is 0 Å². The van der Waals surface area contributed by atoms with Gasteiger partial charge in [0.2, 0.25) is 5.91 Å². The SMILES string of the molecule is [CH2-][C@H]1CN(c2nc(OC[C@@H]3CCCN3C)nc3c2CCN(c2cc(O)cc4ccccc24)C3)CCN1C(=O)[C@H]1CN1.[Cm]. The van der Waals surface area contributed by atoms with Crippen molar-refractivity contribution in [3.8, 4) is 11.8 Å². The summed E-state index contributed by atoms with van der Waals surface area (Å²) in [6.07, 6.45) is 3.06. The van der Waals surface area contributed by atoms with Gasteiger partial charge in [0.05, 0.1) is 18.3 Å². The van der Waals surface area contributed by atoms with Gasteiger partial charge in [-0.2, -0.15) is 9.97 Å². The molecule has 1 aromatic heterocycles. The van der Waals surface area contributed by atoms with Crippen LogP contribution < -0.4 is 19.9 Å². The molecule has 5 heterocycles. The number of likely N-dealkylation sites (N-methyl/N-ethyl adjacent to an activating group) is 1. The molecule has 224 valence electrons. The number of hydrogen-bond acceptors (Lipinski definition) is 9. The average Bonchev–Trinajstić information content (AvgIpc) is 3.75. The number of carbonyl (C=O) groups excluding carboxylic acids is 1. The predicted octanol–water partition coefficient (Wildman–Crippen LogP) is 2.19. The molecule has 3 aromatic rings. The Balaban J connectivity index is 0.00000316. The first kappa shape index (κ1) is 27.5. The molecule has 3 atom stereocenters. The van der Waals surface area contributed by atoms with E-state index in [0.717, 1.165) is 66.0 Å². The van der Waals surface area contributed by atoms with Crippen molar-refractivity contribution < 1.29 is 14.6 Å². The van der Waals surface area contributed by atoms with Crippen LogP contribution in [0.1, 0.15) is 24.1 Å². The molecule has 3 saturated heterocycles. The minimum absolute atomic E-state index is 0. The Morgan fingerprint density at radius 2 is 1.98 bits per heavy atom. The standard InChI is InChI=1S/C31H38N7O3.Cm/c1-20-17-37(12-13-38(20)30(40)26-16-32-26)29-25-9-11-36(28-15-23(39)14-21-6-3-4-8-24(21)28)18-27(25)33-31(34-29)41-19-22-7-5-10-35(22)2;/h3-4,6,8,14-15,20,22,26,32,39H,1,5,7,9-13,16-19H2,2H3;/q-1;/t20-,22-,26+;/m0./s1. The molecule has 0 bridgehead atoms. The zero-order valence-electron chi connectivity index (χ0n) is 24.0. The van der Waals surface area contributed by atoms with Crippen molar-refractivity contribution in [3.05, 3.63) is 54.6 Å². The molecule has 0 radical (unpaired) electrons. The summed E-state index contributed by atoms with van der Waals surface area (Å²) in [5, 5.41) is 15.7. The summed E-state index contributed by atoms with van der Waals surface area (Å²) >= 11 is 0. The van der Waals surface area contributed by atoms with Gasteiger partial charge in [0.1, 0.15) is 18.2 Å². The van der Waals surface area contributed by atoms with Gasteiger partial charge in [0.15, 0.2) is 0 Å². The van der Waals surface area contributed by atoms with Gasteiger partial charge in [-0.15, -0.1) is 0 Å². The van der Waals surface area contributed by atoms with Crippen molar-refractivity contribution in [2.75, 3.05) is 62.7 Å². The van der Waals surface area contributed by atoms with Crippen LogP contribution >= 0.6 is 0 Å². The number of likely N-dealkylation sites (tertiary alicyclic amines) is 1. The first-order valence-corrected chi connectivity index (χ1v) is 14.8. The van der Waals surface area contributed by atoms with Crippen LogP contribution in [0, 0.1) is 6.92 Å². The number of hydrogen-bond donors (Lipinski definition) is 2. The number of nitrogens with zero attached hydrogens (tertiary/aromatic N) is 6. The van der Waals surface area contributed by atoms with E-state index < -0.39 is 0 Å². The Kier molecular flexibility index (Phi) is 7.20. The van der Waals surface area contributed by atoms with E-state index in [-0.39, 0.29) is 23.7 Å². The molecule has 4 aliphatic rings. The van der Waals surface area contributed by atoms with Gasteiger partial charge in [-0.3, -0.25) is 4.79 Å². The molecule has 2 aromatic carbocycles. The maximum atomic E-state index is 12.8. The number of rotatable bonds is 6. The zero-order valence-corrected chi connectivity index (χ0v) is 26.9. The molecule has 0 unspecified atom stereocenters. The van der Waals surface area contributed by atoms with Crippen LogP contribution in [0.5, 0.6) is 11.8 Å². The number of aromatic nitrogens is 2. The molecular formula is C31H38CmN7O3-. The monoisotopic (exact) mass is 799 g/mol. The number of benzene rings is 2. The second kappa shape index (κ2) is 11.0. The quantitative estimate of drug-likeness (QED) is 0.287. The Bertz CT molecular complexity index is 1470. The molecule has 0 aliphatic carbocycles. The van der Waals surface area contributed by atoms with Gasteiger partial charge in [-0.1, -0.05) is 30.3 Å². The van der Waals surface area contributed by atoms with E-state index in [2.05, 4.69) is 40.1 Å². The fourth-order valence-electron chi connectivity index (χ4n) is 6.59. The van der Waals surface area contributed by atoms with Crippen molar-refractivity contribution in [3.63, 3.8) is 0 Å². The summed E-state index contributed by atoms with van der Waals surface area (Å²) < 4.78 is 6.28. The van der Waals surface area contributed by atoms with Crippen LogP contribution in [-0.4, -0.2) is 102 Å². The number of amides is 1. The number of phenols is 1. The summed E-state index contributed by atoms with van der Waals surface area (Å²) in [6, 6.07) is 12.4. The van der Waals surface area contributed by atoms with E-state index in [4.69, 9.17) is 14.7 Å². The fraction of sp³-hybridized carbons (Fsp3) is 0.484. The normalized spacial score (nSPS) is 24.0. The molecule has 4 aliphatic heterocycles. The number of aromatic hydroxyl groups is 1. The number of piperazine rings is 1. The molecule has 1 amide bonds. The van der Waals surface area contributed by atoms with E-state index in [1.807, 2.05) is 35.2 Å². The summed E-state index contributed by atoms with van der Waals surface area (Å²) in [5.74, 6) is 1.30. The molecule has 10 nitrogen and oxygen atoms in total. The zero-order chi connectivity index (χ0) is 28.1. The number of anilines is 2. The van der Waals surface area contributed by atoms with Crippen LogP contribution in [0.25, 0.3) is 10.8 Å². The van der Waals surface area contributed by atoms with E-state index in [0.29, 0.717) is 44.8 Å². The van der Waals surface area contributed by atoms with Gasteiger partial charge in [0, 0.05) is 61.5 Å². The molecule has 7 rings (SSSR count). The van der Waals surface area contributed by atoms with Crippen LogP contribution in [0.4, 0.5) is 11.5 Å². The van der Waals surface area contributed by atoms with Crippen molar-refractivity contribution in [1.29, 1.82) is 0 Å². The first-order valence-electron chi connectivity index (χ1n) is 14.8. The maximum Gasteiger partial charge on any atom is 0.318 e. The van der Waals surface area contributed by atoms with Crippen molar-refractivity contribution >= 4 is 28.2 Å². The number of fused-ring (bicyclic) bond motifs is 2. The molecule has 0 spiro atoms. The van der Waals surface area contributed by atoms with E-state index in [9.17, 15) is 9.90 Å². The van der Waals surface area contributed by atoms with E-state index in [1.165, 1.54) is 6.42 Å². The largest absolute Gasteiger partial charge is 0.508 e. The molecule has 3 fully saturated rings. The third-order valence-corrected chi connectivity index (χ3v) is 9.04. The molecule has 42 heavy (non-hydrogen) atoms. The fourth-order valence-corrected chi connectivity index (χ4v) is 6.59. The Morgan fingerprint density at radius 3 is 2.74 bits per heavy atom. The summed E-state index contributed by atoms with van der Waals surface area (Å²) in [7, 11) is 2.14. The van der Waals surface area contributed by atoms with Crippen molar-refractivity contribution in [2.45, 2.75) is 43.9 Å². The van der Waals surface area contributed by atoms with Gasteiger partial charge in [-0.25, -0.2) is 0 Å². The van der Waals surface area contributed by atoms with Crippen molar-refractivity contribution in [1.82, 2.24) is 25.1 Å². The van der Waals surface area contributed by atoms with Gasteiger partial charge in [-0.05, 0) is 44.3 Å². The molecule has 11 heteroatoms. The summed E-state index contributed by atoms with van der Waals surface area (Å²) in [4.78, 5) is 31.5. The topological polar surface area (TPSA) is 107 Å². The van der Waals surface area contributed by atoms with E-state index >= 15 is 0 Å². The molecular weight excluding hydrogens is 765 g/mol. The third kappa shape index (κ3) is 5.12. The Morgan fingerprint density at radius 1 is 1.14 bits per heavy atom. The predicted molar refractivity (Wildman–Crippen MR) is 158 cm³/mol. The number of nitrogens with one attached hydrogen (secondary N) is 1. The second-order valence-corrected chi connectivity index (χ2v) is 11.8. The first-order chi connectivity index (χ1) is 19.9. The Hall–Kier alpha value is -4.63. The number of ether oxygens (including phenoxy) is 1. The summed E-state index contributed by atoms with van der Waals surface area (Å²) in [5.41, 5.74) is 3.08. The van der Waals surface area contributed by atoms with Gasteiger partial charge >= 0.3 is 6.01 Å². The van der Waals surface area contributed by atoms with E-state index in [1.54, 1.807) is 0 Å². The molecule has 2 N–H and O–H groups in total. The minimum Gasteiger partial charge on any atom is -0.508 e. The molecule has 0 saturated carbocycles. The van der Waals surface area contributed by atoms with Crippen LogP contribution in [0.2, 0.25) is 0 Å². The maximum absolute atomic E-state index is 12.8. The third-order valence-electron chi connectivity index (χ3n) is 9.04. The van der Waals surface area contributed by atoms with Gasteiger partial charge < -0.3 is 41.7 Å². The second-order valence-electron chi connectivity index (χ2n) is 11.8.